The van der Waals surface area contributed by atoms with Crippen LogP contribution in [-0.2, 0) is 4.74 Å². The SMILES string of the molecule is CC(C)(C)OC(=O)N1CC2(C1)CN(C1CCCCC1)C2. The van der Waals surface area contributed by atoms with Crippen molar-refractivity contribution in [2.75, 3.05) is 26.2 Å². The molecule has 3 fully saturated rings. The van der Waals surface area contributed by atoms with Crippen molar-refractivity contribution in [3.05, 3.63) is 0 Å². The first-order valence-corrected chi connectivity index (χ1v) is 8.09. The number of amides is 1. The average Bonchev–Trinajstić information content (AvgIpc) is 2.24. The Balaban J connectivity index is 1.42. The van der Waals surface area contributed by atoms with Crippen LogP contribution >= 0.6 is 0 Å². The molecule has 0 aromatic carbocycles. The van der Waals surface area contributed by atoms with Crippen molar-refractivity contribution in [1.29, 1.82) is 0 Å². The van der Waals surface area contributed by atoms with E-state index in [1.807, 2.05) is 25.7 Å². The molecule has 0 N–H and O–H groups in total. The number of nitrogens with zero attached hydrogens (tertiary/aromatic N) is 2. The molecule has 0 unspecified atom stereocenters. The summed E-state index contributed by atoms with van der Waals surface area (Å²) in [6, 6.07) is 0.824. The lowest BCUT2D eigenvalue weighted by Crippen LogP contribution is -2.74. The topological polar surface area (TPSA) is 32.8 Å². The number of rotatable bonds is 1. The van der Waals surface area contributed by atoms with Gasteiger partial charge in [-0.05, 0) is 33.6 Å². The van der Waals surface area contributed by atoms with Gasteiger partial charge in [-0.15, -0.1) is 0 Å². The van der Waals surface area contributed by atoms with Crippen LogP contribution in [0.3, 0.4) is 0 Å². The molecule has 1 aliphatic carbocycles. The molecule has 0 aromatic heterocycles. The van der Waals surface area contributed by atoms with Gasteiger partial charge >= 0.3 is 6.09 Å². The second-order valence-corrected chi connectivity index (χ2v) is 8.03. The summed E-state index contributed by atoms with van der Waals surface area (Å²) < 4.78 is 5.42. The lowest BCUT2D eigenvalue weighted by Gasteiger charge is -2.62. The van der Waals surface area contributed by atoms with E-state index in [-0.39, 0.29) is 11.7 Å². The molecule has 1 amide bonds. The summed E-state index contributed by atoms with van der Waals surface area (Å²) in [5, 5.41) is 0. The maximum atomic E-state index is 11.9. The van der Waals surface area contributed by atoms with Crippen molar-refractivity contribution in [2.45, 2.75) is 64.5 Å². The summed E-state index contributed by atoms with van der Waals surface area (Å²) in [4.78, 5) is 16.5. The molecule has 114 valence electrons. The summed E-state index contributed by atoms with van der Waals surface area (Å²) in [6.45, 7) is 9.95. The monoisotopic (exact) mass is 280 g/mol. The molecule has 4 nitrogen and oxygen atoms in total. The first kappa shape index (κ1) is 14.2. The predicted molar refractivity (Wildman–Crippen MR) is 78.7 cm³/mol. The number of hydrogen-bond donors (Lipinski definition) is 0. The maximum Gasteiger partial charge on any atom is 0.410 e. The first-order chi connectivity index (χ1) is 9.37. The smallest absolute Gasteiger partial charge is 0.410 e. The fourth-order valence-electron chi connectivity index (χ4n) is 3.94. The van der Waals surface area contributed by atoms with Crippen molar-refractivity contribution >= 4 is 6.09 Å². The van der Waals surface area contributed by atoms with Gasteiger partial charge < -0.3 is 9.64 Å². The zero-order valence-electron chi connectivity index (χ0n) is 13.2. The highest BCUT2D eigenvalue weighted by Gasteiger charge is 2.54. The van der Waals surface area contributed by atoms with Crippen molar-refractivity contribution < 1.29 is 9.53 Å². The Labute approximate surface area is 122 Å². The molecule has 0 atom stereocenters. The molecule has 4 heteroatoms. The molecular formula is C16H28N2O2. The molecule has 20 heavy (non-hydrogen) atoms. The Morgan fingerprint density at radius 3 is 2.20 bits per heavy atom. The van der Waals surface area contributed by atoms with Crippen molar-refractivity contribution in [3.63, 3.8) is 0 Å². The van der Waals surface area contributed by atoms with Gasteiger partial charge in [-0.2, -0.15) is 0 Å². The van der Waals surface area contributed by atoms with E-state index >= 15 is 0 Å². The normalized spacial score (nSPS) is 27.1. The Morgan fingerprint density at radius 2 is 1.65 bits per heavy atom. The standard InChI is InChI=1S/C16H28N2O2/c1-15(2,3)20-14(19)18-11-16(12-18)9-17(10-16)13-7-5-4-6-8-13/h13H,4-12H2,1-3H3. The lowest BCUT2D eigenvalue weighted by atomic mass is 9.71. The Morgan fingerprint density at radius 1 is 1.05 bits per heavy atom. The Hall–Kier alpha value is -0.770. The highest BCUT2D eigenvalue weighted by Crippen LogP contribution is 2.42. The van der Waals surface area contributed by atoms with Crippen LogP contribution in [0.5, 0.6) is 0 Å². The predicted octanol–water partition coefficient (Wildman–Crippen LogP) is 2.87. The third-order valence-corrected chi connectivity index (χ3v) is 4.87. The Kier molecular flexibility index (Phi) is 3.47. The zero-order chi connectivity index (χ0) is 14.4. The van der Waals surface area contributed by atoms with Crippen LogP contribution in [0.15, 0.2) is 0 Å². The van der Waals surface area contributed by atoms with E-state index in [9.17, 15) is 4.79 Å². The third kappa shape index (κ3) is 2.80. The van der Waals surface area contributed by atoms with Crippen LogP contribution in [0.2, 0.25) is 0 Å². The highest BCUT2D eigenvalue weighted by molar-refractivity contribution is 5.69. The lowest BCUT2D eigenvalue weighted by molar-refractivity contribution is -0.130. The van der Waals surface area contributed by atoms with Crippen LogP contribution < -0.4 is 0 Å². The van der Waals surface area contributed by atoms with Gasteiger partial charge in [0.1, 0.15) is 5.60 Å². The van der Waals surface area contributed by atoms with E-state index in [0.717, 1.165) is 19.1 Å². The summed E-state index contributed by atoms with van der Waals surface area (Å²) >= 11 is 0. The number of carbonyl (C=O) groups excluding carboxylic acids is 1. The van der Waals surface area contributed by atoms with Gasteiger partial charge in [-0.3, -0.25) is 4.90 Å². The minimum Gasteiger partial charge on any atom is -0.444 e. The summed E-state index contributed by atoms with van der Waals surface area (Å²) in [5.74, 6) is 0. The molecule has 1 spiro atoms. The van der Waals surface area contributed by atoms with E-state index in [1.54, 1.807) is 0 Å². The van der Waals surface area contributed by atoms with Crippen molar-refractivity contribution in [3.8, 4) is 0 Å². The molecule has 1 saturated carbocycles. The number of likely N-dealkylation sites (tertiary alicyclic amines) is 2. The zero-order valence-corrected chi connectivity index (χ0v) is 13.2. The van der Waals surface area contributed by atoms with Gasteiger partial charge in [0.15, 0.2) is 0 Å². The van der Waals surface area contributed by atoms with E-state index < -0.39 is 0 Å². The van der Waals surface area contributed by atoms with Gasteiger partial charge in [0.05, 0.1) is 0 Å². The largest absolute Gasteiger partial charge is 0.444 e. The van der Waals surface area contributed by atoms with E-state index in [0.29, 0.717) is 5.41 Å². The number of carbonyl (C=O) groups is 1. The van der Waals surface area contributed by atoms with Gasteiger partial charge in [0, 0.05) is 37.6 Å². The number of ether oxygens (including phenoxy) is 1. The maximum absolute atomic E-state index is 11.9. The third-order valence-electron chi connectivity index (χ3n) is 4.87. The molecule has 0 aromatic rings. The molecule has 2 saturated heterocycles. The Bertz CT molecular complexity index is 368. The minimum atomic E-state index is -0.381. The second kappa shape index (κ2) is 4.90. The van der Waals surface area contributed by atoms with Crippen LogP contribution in [0.1, 0.15) is 52.9 Å². The molecule has 2 aliphatic heterocycles. The van der Waals surface area contributed by atoms with E-state index in [4.69, 9.17) is 4.74 Å². The molecular weight excluding hydrogens is 252 g/mol. The second-order valence-electron chi connectivity index (χ2n) is 8.03. The van der Waals surface area contributed by atoms with Crippen LogP contribution in [0.25, 0.3) is 0 Å². The summed E-state index contributed by atoms with van der Waals surface area (Å²) in [6.07, 6.45) is 6.84. The molecule has 2 heterocycles. The van der Waals surface area contributed by atoms with Gasteiger partial charge in [0.2, 0.25) is 0 Å². The van der Waals surface area contributed by atoms with Crippen LogP contribution in [0, 0.1) is 5.41 Å². The van der Waals surface area contributed by atoms with Crippen LogP contribution in [0.4, 0.5) is 4.79 Å². The fraction of sp³-hybridized carbons (Fsp3) is 0.938. The molecule has 0 radical (unpaired) electrons. The first-order valence-electron chi connectivity index (χ1n) is 8.09. The van der Waals surface area contributed by atoms with Gasteiger partial charge in [-0.1, -0.05) is 19.3 Å². The number of hydrogen-bond acceptors (Lipinski definition) is 3. The van der Waals surface area contributed by atoms with Crippen LogP contribution in [-0.4, -0.2) is 53.7 Å². The molecule has 0 bridgehead atoms. The fourth-order valence-corrected chi connectivity index (χ4v) is 3.94. The summed E-state index contributed by atoms with van der Waals surface area (Å²) in [7, 11) is 0. The van der Waals surface area contributed by atoms with E-state index in [2.05, 4.69) is 4.90 Å². The van der Waals surface area contributed by atoms with Crippen molar-refractivity contribution in [2.24, 2.45) is 5.41 Å². The highest BCUT2D eigenvalue weighted by atomic mass is 16.6. The summed E-state index contributed by atoms with van der Waals surface area (Å²) in [5.41, 5.74) is 0.0158. The average molecular weight is 280 g/mol. The molecule has 3 aliphatic rings. The van der Waals surface area contributed by atoms with Crippen molar-refractivity contribution in [1.82, 2.24) is 9.80 Å². The van der Waals surface area contributed by atoms with Gasteiger partial charge in [0.25, 0.3) is 0 Å². The van der Waals surface area contributed by atoms with Gasteiger partial charge in [-0.25, -0.2) is 4.79 Å². The molecule has 3 rings (SSSR count). The van der Waals surface area contributed by atoms with E-state index in [1.165, 1.54) is 45.2 Å². The minimum absolute atomic E-state index is 0.140. The quantitative estimate of drug-likeness (QED) is 0.740.